The van der Waals surface area contributed by atoms with Crippen LogP contribution in [0.15, 0.2) is 72.8 Å². The van der Waals surface area contributed by atoms with Crippen molar-refractivity contribution in [3.05, 3.63) is 95.3 Å². The minimum atomic E-state index is -1.35. The third kappa shape index (κ3) is 4.12. The van der Waals surface area contributed by atoms with Gasteiger partial charge in [0.25, 0.3) is 5.91 Å². The van der Waals surface area contributed by atoms with Gasteiger partial charge in [0.2, 0.25) is 0 Å². The van der Waals surface area contributed by atoms with Crippen LogP contribution < -0.4 is 5.32 Å². The summed E-state index contributed by atoms with van der Waals surface area (Å²) in [6.45, 7) is 4.29. The zero-order valence-corrected chi connectivity index (χ0v) is 17.3. The molecule has 0 saturated heterocycles. The standard InChI is InChI=1S/C26H22FNO3/c1-26(2)13-5-7-17(15-26)23-19-8-4-3-6-16(19)9-11-21(23)24(29)28-18-10-12-20(25(30)31)22(27)14-18/h3-14H,15H2,1-2H3,(H,28,29)(H,30,31). The Morgan fingerprint density at radius 2 is 1.77 bits per heavy atom. The van der Waals surface area contributed by atoms with Crippen LogP contribution in [0.2, 0.25) is 0 Å². The largest absolute Gasteiger partial charge is 0.478 e. The molecule has 2 N–H and O–H groups in total. The Kier molecular flexibility index (Phi) is 5.19. The number of rotatable bonds is 4. The highest BCUT2D eigenvalue weighted by atomic mass is 19.1. The average molecular weight is 415 g/mol. The van der Waals surface area contributed by atoms with Crippen LogP contribution in [-0.2, 0) is 0 Å². The van der Waals surface area contributed by atoms with E-state index in [0.717, 1.165) is 40.5 Å². The van der Waals surface area contributed by atoms with E-state index in [0.29, 0.717) is 5.56 Å². The monoisotopic (exact) mass is 415 g/mol. The maximum Gasteiger partial charge on any atom is 0.338 e. The topological polar surface area (TPSA) is 66.4 Å². The molecule has 1 aliphatic rings. The molecule has 0 spiro atoms. The molecule has 3 aromatic carbocycles. The summed E-state index contributed by atoms with van der Waals surface area (Å²) in [5.74, 6) is -2.63. The molecule has 0 saturated carbocycles. The Labute approximate surface area is 179 Å². The molecule has 0 unspecified atom stereocenters. The molecule has 4 rings (SSSR count). The summed E-state index contributed by atoms with van der Waals surface area (Å²) in [7, 11) is 0. The SMILES string of the molecule is CC1(C)C=CC=C(c2c(C(=O)Nc3ccc(C(=O)O)c(F)c3)ccc3ccccc23)C1. The van der Waals surface area contributed by atoms with Crippen LogP contribution in [0.3, 0.4) is 0 Å². The molecule has 0 atom stereocenters. The lowest BCUT2D eigenvalue weighted by atomic mass is 9.78. The lowest BCUT2D eigenvalue weighted by molar-refractivity contribution is 0.0691. The lowest BCUT2D eigenvalue weighted by Gasteiger charge is -2.27. The maximum absolute atomic E-state index is 14.1. The number of hydrogen-bond acceptors (Lipinski definition) is 2. The molecular weight excluding hydrogens is 393 g/mol. The van der Waals surface area contributed by atoms with Gasteiger partial charge in [-0.25, -0.2) is 9.18 Å². The van der Waals surface area contributed by atoms with E-state index in [9.17, 15) is 14.0 Å². The molecule has 1 aliphatic carbocycles. The van der Waals surface area contributed by atoms with Gasteiger partial charge in [-0.2, -0.15) is 0 Å². The molecule has 0 fully saturated rings. The molecule has 31 heavy (non-hydrogen) atoms. The number of carbonyl (C=O) groups is 2. The molecule has 3 aromatic rings. The number of halogens is 1. The lowest BCUT2D eigenvalue weighted by Crippen LogP contribution is -2.17. The second kappa shape index (κ2) is 7.84. The molecule has 0 radical (unpaired) electrons. The van der Waals surface area contributed by atoms with Crippen LogP contribution in [0.5, 0.6) is 0 Å². The number of fused-ring (bicyclic) bond motifs is 1. The Bertz CT molecular complexity index is 1270. The number of benzene rings is 3. The molecule has 156 valence electrons. The predicted molar refractivity (Wildman–Crippen MR) is 121 cm³/mol. The van der Waals surface area contributed by atoms with Gasteiger partial charge in [0.15, 0.2) is 0 Å². The fourth-order valence-corrected chi connectivity index (χ4v) is 3.98. The Balaban J connectivity index is 1.78. The van der Waals surface area contributed by atoms with Gasteiger partial charge in [0.1, 0.15) is 5.82 Å². The third-order valence-electron chi connectivity index (χ3n) is 5.44. The smallest absolute Gasteiger partial charge is 0.338 e. The minimum Gasteiger partial charge on any atom is -0.478 e. The van der Waals surface area contributed by atoms with Gasteiger partial charge < -0.3 is 10.4 Å². The van der Waals surface area contributed by atoms with Crippen molar-refractivity contribution in [3.8, 4) is 0 Å². The zero-order valence-electron chi connectivity index (χ0n) is 17.3. The van der Waals surface area contributed by atoms with E-state index >= 15 is 0 Å². The third-order valence-corrected chi connectivity index (χ3v) is 5.44. The number of carboxylic acid groups (broad SMARTS) is 1. The van der Waals surface area contributed by atoms with Crippen molar-refractivity contribution in [3.63, 3.8) is 0 Å². The highest BCUT2D eigenvalue weighted by Gasteiger charge is 2.24. The number of allylic oxidation sites excluding steroid dienone is 4. The van der Waals surface area contributed by atoms with Gasteiger partial charge in [-0.05, 0) is 58.0 Å². The van der Waals surface area contributed by atoms with Crippen molar-refractivity contribution in [2.45, 2.75) is 20.3 Å². The summed E-state index contributed by atoms with van der Waals surface area (Å²) in [6, 6.07) is 15.1. The number of amides is 1. The van der Waals surface area contributed by atoms with Crippen LogP contribution in [0.1, 0.15) is 46.5 Å². The van der Waals surface area contributed by atoms with Crippen LogP contribution in [-0.4, -0.2) is 17.0 Å². The highest BCUT2D eigenvalue weighted by Crippen LogP contribution is 2.39. The fourth-order valence-electron chi connectivity index (χ4n) is 3.98. The summed E-state index contributed by atoms with van der Waals surface area (Å²) in [5, 5.41) is 13.7. The number of anilines is 1. The number of carbonyl (C=O) groups excluding carboxylic acids is 1. The van der Waals surface area contributed by atoms with Crippen molar-refractivity contribution < 1.29 is 19.1 Å². The van der Waals surface area contributed by atoms with Crippen LogP contribution in [0.25, 0.3) is 16.3 Å². The first-order valence-corrected chi connectivity index (χ1v) is 10.00. The summed E-state index contributed by atoms with van der Waals surface area (Å²) in [6.07, 6.45) is 6.97. The van der Waals surface area contributed by atoms with E-state index < -0.39 is 17.3 Å². The van der Waals surface area contributed by atoms with Gasteiger partial charge in [-0.3, -0.25) is 4.79 Å². The maximum atomic E-state index is 14.1. The Hall–Kier alpha value is -3.73. The van der Waals surface area contributed by atoms with E-state index in [1.165, 1.54) is 6.07 Å². The Morgan fingerprint density at radius 3 is 2.48 bits per heavy atom. The van der Waals surface area contributed by atoms with Gasteiger partial charge in [0.05, 0.1) is 5.56 Å². The summed E-state index contributed by atoms with van der Waals surface area (Å²) >= 11 is 0. The second-order valence-corrected chi connectivity index (χ2v) is 8.38. The van der Waals surface area contributed by atoms with Crippen molar-refractivity contribution in [2.24, 2.45) is 5.41 Å². The first kappa shape index (κ1) is 20.5. The second-order valence-electron chi connectivity index (χ2n) is 8.38. The molecule has 1 amide bonds. The van der Waals surface area contributed by atoms with Crippen molar-refractivity contribution in [1.29, 1.82) is 0 Å². The van der Waals surface area contributed by atoms with E-state index in [-0.39, 0.29) is 17.0 Å². The average Bonchev–Trinajstić information content (AvgIpc) is 2.72. The van der Waals surface area contributed by atoms with Crippen LogP contribution >= 0.6 is 0 Å². The quantitative estimate of drug-likeness (QED) is 0.526. The highest BCUT2D eigenvalue weighted by molar-refractivity contribution is 6.12. The molecule has 4 nitrogen and oxygen atoms in total. The first-order valence-electron chi connectivity index (χ1n) is 10.00. The molecule has 5 heteroatoms. The van der Waals surface area contributed by atoms with Crippen LogP contribution in [0, 0.1) is 11.2 Å². The zero-order chi connectivity index (χ0) is 22.2. The van der Waals surface area contributed by atoms with Crippen molar-refractivity contribution in [2.75, 3.05) is 5.32 Å². The van der Waals surface area contributed by atoms with Gasteiger partial charge in [-0.15, -0.1) is 0 Å². The fraction of sp³-hybridized carbons (Fsp3) is 0.154. The Morgan fingerprint density at radius 1 is 1.03 bits per heavy atom. The number of hydrogen-bond donors (Lipinski definition) is 2. The minimum absolute atomic E-state index is 0.0371. The molecule has 0 bridgehead atoms. The molecular formula is C26H22FNO3. The van der Waals surface area contributed by atoms with Gasteiger partial charge in [0, 0.05) is 11.3 Å². The first-order chi connectivity index (χ1) is 14.7. The van der Waals surface area contributed by atoms with Crippen LogP contribution in [0.4, 0.5) is 10.1 Å². The van der Waals surface area contributed by atoms with E-state index in [1.807, 2.05) is 42.5 Å². The van der Waals surface area contributed by atoms with E-state index in [1.54, 1.807) is 6.07 Å². The molecule has 0 heterocycles. The normalized spacial score (nSPS) is 14.9. The molecule has 0 aromatic heterocycles. The van der Waals surface area contributed by atoms with E-state index in [4.69, 9.17) is 5.11 Å². The summed E-state index contributed by atoms with van der Waals surface area (Å²) < 4.78 is 14.1. The predicted octanol–water partition coefficient (Wildman–Crippen LogP) is 6.30. The van der Waals surface area contributed by atoms with Gasteiger partial charge >= 0.3 is 5.97 Å². The summed E-state index contributed by atoms with van der Waals surface area (Å²) in [4.78, 5) is 24.3. The molecule has 0 aliphatic heterocycles. The van der Waals surface area contributed by atoms with Crippen molar-refractivity contribution in [1.82, 2.24) is 0 Å². The number of aromatic carboxylic acids is 1. The van der Waals surface area contributed by atoms with Gasteiger partial charge in [-0.1, -0.05) is 62.4 Å². The van der Waals surface area contributed by atoms with Crippen molar-refractivity contribution >= 4 is 33.9 Å². The number of carboxylic acids is 1. The van der Waals surface area contributed by atoms with E-state index in [2.05, 4.69) is 25.2 Å². The summed E-state index contributed by atoms with van der Waals surface area (Å²) in [5.41, 5.74) is 2.12. The number of nitrogens with one attached hydrogen (secondary N) is 1.